The fourth-order valence-corrected chi connectivity index (χ4v) is 6.61. The van der Waals surface area contributed by atoms with Gasteiger partial charge in [0.05, 0.1) is 5.69 Å². The summed E-state index contributed by atoms with van der Waals surface area (Å²) in [5.41, 5.74) is 11.9. The Morgan fingerprint density at radius 2 is 1.77 bits per heavy atom. The number of rotatable bonds is 6. The number of primary amides is 1. The van der Waals surface area contributed by atoms with E-state index >= 15 is 0 Å². The summed E-state index contributed by atoms with van der Waals surface area (Å²) >= 11 is 0. The average Bonchev–Trinajstić information content (AvgIpc) is 3.49. The lowest BCUT2D eigenvalue weighted by Crippen LogP contribution is -2.43. The van der Waals surface area contributed by atoms with E-state index in [1.807, 2.05) is 12.3 Å². The third kappa shape index (κ3) is 5.26. The van der Waals surface area contributed by atoms with Crippen molar-refractivity contribution in [3.8, 4) is 0 Å². The van der Waals surface area contributed by atoms with Gasteiger partial charge in [-0.2, -0.15) is 0 Å². The van der Waals surface area contributed by atoms with Crippen molar-refractivity contribution in [2.45, 2.75) is 90.4 Å². The highest BCUT2D eigenvalue weighted by atomic mass is 16.5. The van der Waals surface area contributed by atoms with E-state index in [-0.39, 0.29) is 6.61 Å². The third-order valence-corrected chi connectivity index (χ3v) is 8.56. The van der Waals surface area contributed by atoms with Crippen LogP contribution in [-0.2, 0) is 17.9 Å². The minimum atomic E-state index is -0.718. The standard InChI is InChI=1S/C28H41N5O2/c1-20(2)21-7-9-22(10-8-21)32-16-11-23(12-17-32)33-26(19-35-28(29)34)25(18-31-14-3-4-15-31)24-6-5-13-30-27(24)33/h5-6,13,22-23H,3-4,7-12,14-19H2,1-2H3,(H2,29,34). The number of carbonyl (C=O) groups excluding carboxylic acids is 1. The molecule has 2 saturated heterocycles. The Balaban J connectivity index is 1.38. The number of hydrogen-bond acceptors (Lipinski definition) is 5. The first-order valence-corrected chi connectivity index (χ1v) is 13.5. The van der Waals surface area contributed by atoms with Gasteiger partial charge >= 0.3 is 6.09 Å². The van der Waals surface area contributed by atoms with E-state index in [4.69, 9.17) is 15.5 Å². The van der Waals surface area contributed by atoms with Crippen LogP contribution >= 0.6 is 0 Å². The number of nitrogens with zero attached hydrogens (tertiary/aromatic N) is 4. The number of fused-ring (bicyclic) bond motifs is 1. The Labute approximate surface area is 209 Å². The highest BCUT2D eigenvalue weighted by Gasteiger charge is 2.31. The summed E-state index contributed by atoms with van der Waals surface area (Å²) < 4.78 is 7.79. The summed E-state index contributed by atoms with van der Waals surface area (Å²) in [6.45, 7) is 10.1. The molecule has 2 aromatic rings. The SMILES string of the molecule is CC(C)=C1CCC(N2CCC(n3c(COC(N)=O)c(CN4CCCC4)c4cccnc43)CC2)CC1. The van der Waals surface area contributed by atoms with Gasteiger partial charge in [-0.05, 0) is 90.4 Å². The molecule has 0 bridgehead atoms. The molecule has 0 aromatic carbocycles. The molecule has 1 amide bonds. The molecule has 5 rings (SSSR count). The number of allylic oxidation sites excluding steroid dienone is 2. The van der Waals surface area contributed by atoms with Crippen LogP contribution in [0, 0.1) is 0 Å². The lowest BCUT2D eigenvalue weighted by molar-refractivity contribution is 0.113. The van der Waals surface area contributed by atoms with Gasteiger partial charge in [-0.3, -0.25) is 4.90 Å². The van der Waals surface area contributed by atoms with Gasteiger partial charge in [0.2, 0.25) is 0 Å². The van der Waals surface area contributed by atoms with Gasteiger partial charge in [0.15, 0.2) is 0 Å². The number of hydrogen-bond donors (Lipinski definition) is 1. The Morgan fingerprint density at radius 3 is 2.43 bits per heavy atom. The molecule has 0 spiro atoms. The maximum absolute atomic E-state index is 11.6. The van der Waals surface area contributed by atoms with Crippen molar-refractivity contribution < 1.29 is 9.53 Å². The van der Waals surface area contributed by atoms with Crippen molar-refractivity contribution in [2.75, 3.05) is 26.2 Å². The Morgan fingerprint density at radius 1 is 1.06 bits per heavy atom. The fraction of sp³-hybridized carbons (Fsp3) is 0.643. The molecule has 1 aliphatic carbocycles. The van der Waals surface area contributed by atoms with E-state index in [1.54, 1.807) is 5.57 Å². The Bertz CT molecular complexity index is 1060. The van der Waals surface area contributed by atoms with E-state index in [0.29, 0.717) is 12.1 Å². The molecule has 7 nitrogen and oxygen atoms in total. The Kier molecular flexibility index (Phi) is 7.44. The third-order valence-electron chi connectivity index (χ3n) is 8.56. The van der Waals surface area contributed by atoms with Gasteiger partial charge in [0.1, 0.15) is 12.3 Å². The number of aromatic nitrogens is 2. The highest BCUT2D eigenvalue weighted by Crippen LogP contribution is 2.37. The second kappa shape index (κ2) is 10.7. The number of likely N-dealkylation sites (tertiary alicyclic amines) is 2. The van der Waals surface area contributed by atoms with Crippen LogP contribution in [0.15, 0.2) is 29.5 Å². The van der Waals surface area contributed by atoms with Crippen LogP contribution in [0.25, 0.3) is 11.0 Å². The van der Waals surface area contributed by atoms with Gasteiger partial charge in [-0.25, -0.2) is 9.78 Å². The molecule has 4 heterocycles. The van der Waals surface area contributed by atoms with Gasteiger partial charge < -0.3 is 19.9 Å². The maximum Gasteiger partial charge on any atom is 0.404 e. The van der Waals surface area contributed by atoms with E-state index < -0.39 is 6.09 Å². The molecule has 0 unspecified atom stereocenters. The van der Waals surface area contributed by atoms with Crippen LogP contribution in [0.4, 0.5) is 4.79 Å². The molecule has 3 aliphatic rings. The number of ether oxygens (including phenoxy) is 1. The summed E-state index contributed by atoms with van der Waals surface area (Å²) in [5, 5.41) is 1.19. The second-order valence-corrected chi connectivity index (χ2v) is 10.9. The zero-order chi connectivity index (χ0) is 24.4. The molecule has 1 saturated carbocycles. The van der Waals surface area contributed by atoms with Gasteiger partial charge in [-0.15, -0.1) is 0 Å². The van der Waals surface area contributed by atoms with Crippen molar-refractivity contribution in [2.24, 2.45) is 5.73 Å². The minimum absolute atomic E-state index is 0.211. The molecule has 7 heteroatoms. The lowest BCUT2D eigenvalue weighted by Gasteiger charge is -2.40. The van der Waals surface area contributed by atoms with Crippen molar-refractivity contribution in [3.05, 3.63) is 40.7 Å². The van der Waals surface area contributed by atoms with Crippen LogP contribution in [-0.4, -0.2) is 57.7 Å². The number of nitrogens with two attached hydrogens (primary N) is 1. The lowest BCUT2D eigenvalue weighted by atomic mass is 9.86. The van der Waals surface area contributed by atoms with Gasteiger partial charge in [0, 0.05) is 48.9 Å². The van der Waals surface area contributed by atoms with Crippen molar-refractivity contribution in [3.63, 3.8) is 0 Å². The maximum atomic E-state index is 11.6. The molecular weight excluding hydrogens is 438 g/mol. The molecule has 0 atom stereocenters. The van der Waals surface area contributed by atoms with Crippen LogP contribution in [0.2, 0.25) is 0 Å². The number of piperidine rings is 1. The highest BCUT2D eigenvalue weighted by molar-refractivity contribution is 5.82. The quantitative estimate of drug-likeness (QED) is 0.580. The van der Waals surface area contributed by atoms with Crippen molar-refractivity contribution in [1.82, 2.24) is 19.4 Å². The number of amides is 1. The molecule has 3 fully saturated rings. The molecule has 190 valence electrons. The summed E-state index contributed by atoms with van der Waals surface area (Å²) in [5.74, 6) is 0. The summed E-state index contributed by atoms with van der Waals surface area (Å²) in [6.07, 6.45) is 10.9. The largest absolute Gasteiger partial charge is 0.443 e. The fourth-order valence-electron chi connectivity index (χ4n) is 6.61. The predicted octanol–water partition coefficient (Wildman–Crippen LogP) is 5.14. The minimum Gasteiger partial charge on any atom is -0.443 e. The van der Waals surface area contributed by atoms with Crippen LogP contribution < -0.4 is 5.73 Å². The molecule has 2 N–H and O–H groups in total. The first-order valence-electron chi connectivity index (χ1n) is 13.5. The van der Waals surface area contributed by atoms with Gasteiger partial charge in [0.25, 0.3) is 0 Å². The normalized spacial score (nSPS) is 22.7. The first kappa shape index (κ1) is 24.3. The topological polar surface area (TPSA) is 76.6 Å². The first-order chi connectivity index (χ1) is 17.0. The molecule has 2 aromatic heterocycles. The van der Waals surface area contributed by atoms with E-state index in [2.05, 4.69) is 34.3 Å². The molecule has 0 radical (unpaired) electrons. The number of pyridine rings is 1. The summed E-state index contributed by atoms with van der Waals surface area (Å²) in [4.78, 5) is 21.6. The smallest absolute Gasteiger partial charge is 0.404 e. The Hall–Kier alpha value is -2.38. The average molecular weight is 480 g/mol. The van der Waals surface area contributed by atoms with Crippen molar-refractivity contribution >= 4 is 17.1 Å². The number of carbonyl (C=O) groups is 1. The van der Waals surface area contributed by atoms with Crippen LogP contribution in [0.3, 0.4) is 0 Å². The molecular formula is C28H41N5O2. The van der Waals surface area contributed by atoms with Crippen molar-refractivity contribution in [1.29, 1.82) is 0 Å². The van der Waals surface area contributed by atoms with Crippen LogP contribution in [0.5, 0.6) is 0 Å². The summed E-state index contributed by atoms with van der Waals surface area (Å²) in [7, 11) is 0. The zero-order valence-electron chi connectivity index (χ0n) is 21.5. The van der Waals surface area contributed by atoms with Gasteiger partial charge in [-0.1, -0.05) is 11.1 Å². The van der Waals surface area contributed by atoms with E-state index in [9.17, 15) is 4.79 Å². The summed E-state index contributed by atoms with van der Waals surface area (Å²) in [6, 6.07) is 5.27. The molecule has 35 heavy (non-hydrogen) atoms. The van der Waals surface area contributed by atoms with E-state index in [0.717, 1.165) is 56.9 Å². The van der Waals surface area contributed by atoms with Crippen LogP contribution in [0.1, 0.15) is 82.5 Å². The predicted molar refractivity (Wildman–Crippen MR) is 139 cm³/mol. The van der Waals surface area contributed by atoms with E-state index in [1.165, 1.54) is 55.0 Å². The zero-order valence-corrected chi connectivity index (χ0v) is 21.5. The molecule has 2 aliphatic heterocycles. The second-order valence-electron chi connectivity index (χ2n) is 10.9. The monoisotopic (exact) mass is 479 g/mol.